The molecule has 33 heavy (non-hydrogen) atoms. The molecule has 1 unspecified atom stereocenters. The van der Waals surface area contributed by atoms with Crippen molar-refractivity contribution in [2.75, 3.05) is 11.9 Å². The topological polar surface area (TPSA) is 76.1 Å². The first-order chi connectivity index (χ1) is 15.8. The van der Waals surface area contributed by atoms with Crippen LogP contribution in [0.2, 0.25) is 0 Å². The van der Waals surface area contributed by atoms with Crippen LogP contribution in [0.15, 0.2) is 18.2 Å². The number of rotatable bonds is 8. The van der Waals surface area contributed by atoms with Crippen LogP contribution in [0.3, 0.4) is 0 Å². The van der Waals surface area contributed by atoms with E-state index in [2.05, 4.69) is 20.6 Å². The van der Waals surface area contributed by atoms with Crippen molar-refractivity contribution in [3.05, 3.63) is 52.2 Å². The summed E-state index contributed by atoms with van der Waals surface area (Å²) in [5.74, 6) is -0.151. The molecule has 0 bridgehead atoms. The molecule has 2 heterocycles. The summed E-state index contributed by atoms with van der Waals surface area (Å²) < 4.78 is 46.6. The van der Waals surface area contributed by atoms with Gasteiger partial charge in [0, 0.05) is 29.8 Å². The molecule has 0 radical (unpaired) electrons. The van der Waals surface area contributed by atoms with Crippen molar-refractivity contribution in [1.82, 2.24) is 15.3 Å². The van der Waals surface area contributed by atoms with Crippen LogP contribution in [0, 0.1) is 12.7 Å². The van der Waals surface area contributed by atoms with Crippen molar-refractivity contribution in [3.63, 3.8) is 0 Å². The maximum atomic E-state index is 14.5. The normalized spacial score (nSPS) is 19.4. The smallest absolute Gasteiger partial charge is 0.266 e. The third kappa shape index (κ3) is 5.29. The van der Waals surface area contributed by atoms with Gasteiger partial charge in [0.1, 0.15) is 17.5 Å². The molecule has 1 saturated carbocycles. The summed E-state index contributed by atoms with van der Waals surface area (Å²) in [5, 5.41) is 6.19. The van der Waals surface area contributed by atoms with E-state index < -0.39 is 17.8 Å². The van der Waals surface area contributed by atoms with Crippen molar-refractivity contribution in [2.45, 2.75) is 77.0 Å². The number of carbonyl (C=O) groups is 1. The number of alkyl halides is 2. The zero-order valence-electron chi connectivity index (χ0n) is 18.9. The summed E-state index contributed by atoms with van der Waals surface area (Å²) in [4.78, 5) is 21.8. The number of ether oxygens (including phenoxy) is 1. The fourth-order valence-corrected chi connectivity index (χ4v) is 4.50. The van der Waals surface area contributed by atoms with Gasteiger partial charge in [0.2, 0.25) is 5.91 Å². The Labute approximate surface area is 191 Å². The number of hydrogen-bond acceptors (Lipinski definition) is 5. The molecule has 1 aromatic carbocycles. The summed E-state index contributed by atoms with van der Waals surface area (Å²) in [6.07, 6.45) is 1.53. The number of hydrogen-bond donors (Lipinski definition) is 2. The van der Waals surface area contributed by atoms with Crippen LogP contribution in [-0.2, 0) is 22.5 Å². The molecule has 178 valence electrons. The van der Waals surface area contributed by atoms with Crippen molar-refractivity contribution in [2.24, 2.45) is 0 Å². The zero-order valence-corrected chi connectivity index (χ0v) is 18.9. The molecule has 2 aliphatic rings. The molecule has 2 fully saturated rings. The highest BCUT2D eigenvalue weighted by Gasteiger charge is 2.34. The fourth-order valence-electron chi connectivity index (χ4n) is 4.50. The van der Waals surface area contributed by atoms with E-state index in [0.717, 1.165) is 38.2 Å². The summed E-state index contributed by atoms with van der Waals surface area (Å²) in [6, 6.07) is 3.95. The number of anilines is 1. The minimum atomic E-state index is -2.89. The molecule has 1 saturated heterocycles. The molecule has 1 aromatic heterocycles. The van der Waals surface area contributed by atoms with E-state index in [-0.39, 0.29) is 36.1 Å². The van der Waals surface area contributed by atoms with Gasteiger partial charge in [0.15, 0.2) is 0 Å². The van der Waals surface area contributed by atoms with E-state index in [1.165, 1.54) is 12.1 Å². The Morgan fingerprint density at radius 1 is 1.27 bits per heavy atom. The summed E-state index contributed by atoms with van der Waals surface area (Å²) in [6.45, 7) is 4.31. The quantitative estimate of drug-likeness (QED) is 0.582. The first kappa shape index (κ1) is 23.5. The van der Waals surface area contributed by atoms with Gasteiger partial charge in [0.05, 0.1) is 23.8 Å². The third-order valence-electron chi connectivity index (χ3n) is 6.40. The Balaban J connectivity index is 1.60. The van der Waals surface area contributed by atoms with E-state index in [9.17, 15) is 18.0 Å². The minimum absolute atomic E-state index is 0.0354. The Kier molecular flexibility index (Phi) is 6.88. The van der Waals surface area contributed by atoms with E-state index in [4.69, 9.17) is 4.74 Å². The Morgan fingerprint density at radius 3 is 2.70 bits per heavy atom. The van der Waals surface area contributed by atoms with Gasteiger partial charge in [-0.3, -0.25) is 4.79 Å². The van der Waals surface area contributed by atoms with Crippen LogP contribution in [0.1, 0.15) is 79.8 Å². The molecule has 1 aliphatic heterocycles. The van der Waals surface area contributed by atoms with Crippen LogP contribution in [-0.4, -0.2) is 28.0 Å². The van der Waals surface area contributed by atoms with Gasteiger partial charge in [-0.05, 0) is 46.0 Å². The predicted octanol–water partition coefficient (Wildman–Crippen LogP) is 4.93. The van der Waals surface area contributed by atoms with Gasteiger partial charge >= 0.3 is 0 Å². The Bertz CT molecular complexity index is 1020. The van der Waals surface area contributed by atoms with Crippen molar-refractivity contribution in [1.29, 1.82) is 0 Å². The van der Waals surface area contributed by atoms with Gasteiger partial charge < -0.3 is 15.4 Å². The maximum Gasteiger partial charge on any atom is 0.266 e. The molecule has 9 heteroatoms. The number of aryl methyl sites for hydroxylation is 1. The van der Waals surface area contributed by atoms with Crippen LogP contribution in [0.5, 0.6) is 0 Å². The van der Waals surface area contributed by atoms with Crippen molar-refractivity contribution in [3.8, 4) is 0 Å². The largest absolute Gasteiger partial charge is 0.373 e. The number of benzene rings is 1. The van der Waals surface area contributed by atoms with E-state index in [1.54, 1.807) is 6.92 Å². The molecule has 1 aliphatic carbocycles. The summed E-state index contributed by atoms with van der Waals surface area (Å²) in [5.41, 5.74) is 0.558. The van der Waals surface area contributed by atoms with Gasteiger partial charge in [-0.2, -0.15) is 0 Å². The average Bonchev–Trinajstić information content (AvgIpc) is 3.25. The molecule has 2 aromatic rings. The lowest BCUT2D eigenvalue weighted by Gasteiger charge is -2.39. The molecular formula is C24H29F3N4O2. The first-order valence-electron chi connectivity index (χ1n) is 11.3. The second-order valence-corrected chi connectivity index (χ2v) is 9.10. The van der Waals surface area contributed by atoms with Crippen molar-refractivity contribution >= 4 is 11.7 Å². The lowest BCUT2D eigenvalue weighted by atomic mass is 9.78. The predicted molar refractivity (Wildman–Crippen MR) is 117 cm³/mol. The van der Waals surface area contributed by atoms with Crippen molar-refractivity contribution < 1.29 is 22.7 Å². The average molecular weight is 463 g/mol. The lowest BCUT2D eigenvalue weighted by molar-refractivity contribution is -0.123. The third-order valence-corrected chi connectivity index (χ3v) is 6.40. The van der Waals surface area contributed by atoms with Crippen LogP contribution in [0.25, 0.3) is 0 Å². The molecule has 1 atom stereocenters. The van der Waals surface area contributed by atoms with Crippen LogP contribution < -0.4 is 10.6 Å². The molecule has 6 nitrogen and oxygen atoms in total. The zero-order chi connectivity index (χ0) is 23.6. The number of aromatic nitrogens is 2. The lowest BCUT2D eigenvalue weighted by Crippen LogP contribution is -2.51. The Hall–Kier alpha value is -2.68. The van der Waals surface area contributed by atoms with E-state index >= 15 is 0 Å². The fraction of sp³-hybridized carbons (Fsp3) is 0.542. The highest BCUT2D eigenvalue weighted by molar-refractivity contribution is 5.80. The Morgan fingerprint density at radius 2 is 2.06 bits per heavy atom. The maximum absolute atomic E-state index is 14.5. The van der Waals surface area contributed by atoms with Gasteiger partial charge in [-0.15, -0.1) is 0 Å². The van der Waals surface area contributed by atoms with Crippen LogP contribution >= 0.6 is 0 Å². The molecular weight excluding hydrogens is 433 g/mol. The van der Waals surface area contributed by atoms with Gasteiger partial charge in [-0.1, -0.05) is 18.2 Å². The van der Waals surface area contributed by atoms with E-state index in [1.807, 2.05) is 6.92 Å². The number of nitrogens with one attached hydrogen (secondary N) is 2. The van der Waals surface area contributed by atoms with Gasteiger partial charge in [0.25, 0.3) is 6.43 Å². The number of halogens is 3. The highest BCUT2D eigenvalue weighted by atomic mass is 19.3. The number of carbonyl (C=O) groups excluding carboxylic acids is 1. The SMILES string of the molecule is Cc1nc(CC(=O)NC2(C)CCC2)c(C2CCCO2)c(NCc2cccc(C(F)F)c2F)n1. The number of nitrogens with zero attached hydrogens (tertiary/aromatic N) is 2. The number of amides is 1. The standard InChI is InChI=1S/C24H29F3N4O2/c1-14-29-17(12-19(32)31-24(2)9-5-10-24)20(18-8-4-11-33-18)23(30-14)28-13-15-6-3-7-16(21(15)25)22(26)27/h3,6-7,18,22H,4-5,8-13H2,1-2H3,(H,31,32)(H,28,29,30). The first-order valence-corrected chi connectivity index (χ1v) is 11.3. The van der Waals surface area contributed by atoms with E-state index in [0.29, 0.717) is 29.5 Å². The molecule has 1 amide bonds. The second-order valence-electron chi connectivity index (χ2n) is 9.10. The molecule has 2 N–H and O–H groups in total. The van der Waals surface area contributed by atoms with Gasteiger partial charge in [-0.25, -0.2) is 23.1 Å². The summed E-state index contributed by atoms with van der Waals surface area (Å²) >= 11 is 0. The highest BCUT2D eigenvalue weighted by Crippen LogP contribution is 2.36. The summed E-state index contributed by atoms with van der Waals surface area (Å²) in [7, 11) is 0. The molecule has 0 spiro atoms. The minimum Gasteiger partial charge on any atom is -0.373 e. The molecule has 4 rings (SSSR count). The van der Waals surface area contributed by atoms with Crippen LogP contribution in [0.4, 0.5) is 19.0 Å². The monoisotopic (exact) mass is 462 g/mol. The second kappa shape index (κ2) is 9.67.